The minimum atomic E-state index is -0.854. The molecule has 0 bridgehead atoms. The average molecular weight is 349 g/mol. The molecule has 106 valence electrons. The first-order chi connectivity index (χ1) is 10.2. The highest BCUT2D eigenvalue weighted by molar-refractivity contribution is 9.09. The Labute approximate surface area is 129 Å². The van der Waals surface area contributed by atoms with E-state index in [0.29, 0.717) is 0 Å². The predicted molar refractivity (Wildman–Crippen MR) is 80.7 cm³/mol. The normalized spacial score (nSPS) is 12.3. The molecule has 0 saturated heterocycles. The van der Waals surface area contributed by atoms with Crippen molar-refractivity contribution in [1.29, 1.82) is 0 Å². The Morgan fingerprint density at radius 1 is 1.00 bits per heavy atom. The zero-order valence-corrected chi connectivity index (χ0v) is 12.5. The Kier molecular flexibility index (Phi) is 3.84. The van der Waals surface area contributed by atoms with Crippen molar-refractivity contribution in [2.45, 2.75) is 4.83 Å². The summed E-state index contributed by atoms with van der Waals surface area (Å²) in [6, 6.07) is 13.7. The Morgan fingerprint density at radius 2 is 1.76 bits per heavy atom. The summed E-state index contributed by atoms with van der Waals surface area (Å²) in [6.07, 6.45) is 3.43. The van der Waals surface area contributed by atoms with Crippen LogP contribution in [0.15, 0.2) is 60.9 Å². The molecule has 0 saturated carbocycles. The number of benzene rings is 2. The second-order valence-electron chi connectivity index (χ2n) is 4.56. The van der Waals surface area contributed by atoms with Crippen LogP contribution in [0.4, 0.5) is 8.78 Å². The van der Waals surface area contributed by atoms with Crippen LogP contribution in [0.3, 0.4) is 0 Å². The maximum Gasteiger partial charge on any atom is 0.163 e. The molecule has 3 aromatic rings. The van der Waals surface area contributed by atoms with Crippen molar-refractivity contribution < 1.29 is 8.78 Å². The van der Waals surface area contributed by atoms with Gasteiger partial charge in [-0.3, -0.25) is 0 Å². The second-order valence-corrected chi connectivity index (χ2v) is 5.48. The summed E-state index contributed by atoms with van der Waals surface area (Å²) in [5, 5.41) is 4.26. The fourth-order valence-corrected chi connectivity index (χ4v) is 2.68. The maximum atomic E-state index is 13.8. The predicted octanol–water partition coefficient (Wildman–Crippen LogP) is 4.63. The third kappa shape index (κ3) is 2.74. The third-order valence-corrected chi connectivity index (χ3v) is 4.19. The summed E-state index contributed by atoms with van der Waals surface area (Å²) in [4.78, 5) is -0.453. The monoisotopic (exact) mass is 348 g/mol. The molecule has 1 heterocycles. The van der Waals surface area contributed by atoms with Gasteiger partial charge in [0.15, 0.2) is 11.6 Å². The Balaban J connectivity index is 1.95. The van der Waals surface area contributed by atoms with E-state index < -0.39 is 16.5 Å². The second kappa shape index (κ2) is 5.77. The zero-order chi connectivity index (χ0) is 14.8. The lowest BCUT2D eigenvalue weighted by Crippen LogP contribution is -1.98. The van der Waals surface area contributed by atoms with E-state index in [1.165, 1.54) is 6.07 Å². The number of hydrogen-bond acceptors (Lipinski definition) is 1. The quantitative estimate of drug-likeness (QED) is 0.630. The van der Waals surface area contributed by atoms with Gasteiger partial charge in [-0.05, 0) is 18.2 Å². The summed E-state index contributed by atoms with van der Waals surface area (Å²) in [7, 11) is 0. The summed E-state index contributed by atoms with van der Waals surface area (Å²) < 4.78 is 28.8. The molecule has 0 aliphatic heterocycles. The van der Waals surface area contributed by atoms with Gasteiger partial charge in [-0.25, -0.2) is 13.5 Å². The van der Waals surface area contributed by atoms with Crippen LogP contribution in [0, 0.1) is 11.6 Å². The van der Waals surface area contributed by atoms with E-state index in [1.807, 2.05) is 30.3 Å². The fourth-order valence-electron chi connectivity index (χ4n) is 2.09. The molecular formula is C16H11BrF2N2. The topological polar surface area (TPSA) is 17.8 Å². The highest BCUT2D eigenvalue weighted by atomic mass is 79.9. The molecule has 0 amide bonds. The molecule has 21 heavy (non-hydrogen) atoms. The number of alkyl halides is 1. The highest BCUT2D eigenvalue weighted by Gasteiger charge is 2.19. The van der Waals surface area contributed by atoms with Crippen molar-refractivity contribution >= 4 is 15.9 Å². The van der Waals surface area contributed by atoms with Gasteiger partial charge in [0.25, 0.3) is 0 Å². The van der Waals surface area contributed by atoms with Crippen LogP contribution < -0.4 is 0 Å². The van der Waals surface area contributed by atoms with Gasteiger partial charge in [-0.2, -0.15) is 5.10 Å². The molecular weight excluding hydrogens is 338 g/mol. The number of hydrogen-bond donors (Lipinski definition) is 0. The molecule has 2 aromatic carbocycles. The van der Waals surface area contributed by atoms with Crippen LogP contribution in [0.2, 0.25) is 0 Å². The number of halogens is 3. The van der Waals surface area contributed by atoms with E-state index in [-0.39, 0.29) is 5.56 Å². The lowest BCUT2D eigenvalue weighted by molar-refractivity contribution is 0.500. The van der Waals surface area contributed by atoms with Crippen LogP contribution in [-0.2, 0) is 0 Å². The average Bonchev–Trinajstić information content (AvgIpc) is 3.00. The van der Waals surface area contributed by atoms with Gasteiger partial charge >= 0.3 is 0 Å². The van der Waals surface area contributed by atoms with Crippen molar-refractivity contribution in [3.63, 3.8) is 0 Å². The lowest BCUT2D eigenvalue weighted by atomic mass is 10.1. The molecule has 0 fully saturated rings. The first-order valence-electron chi connectivity index (χ1n) is 6.35. The summed E-state index contributed by atoms with van der Waals surface area (Å²) in [6.45, 7) is 0. The van der Waals surface area contributed by atoms with E-state index in [2.05, 4.69) is 21.0 Å². The molecule has 1 aromatic heterocycles. The van der Waals surface area contributed by atoms with Crippen molar-refractivity contribution in [2.24, 2.45) is 0 Å². The molecule has 1 unspecified atom stereocenters. The van der Waals surface area contributed by atoms with E-state index in [4.69, 9.17) is 0 Å². The Bertz CT molecular complexity index is 756. The summed E-state index contributed by atoms with van der Waals surface area (Å²) in [5.74, 6) is -1.70. The van der Waals surface area contributed by atoms with Crippen LogP contribution in [0.25, 0.3) is 5.69 Å². The largest absolute Gasteiger partial charge is 0.241 e. The van der Waals surface area contributed by atoms with Gasteiger partial charge in [0.1, 0.15) is 0 Å². The van der Waals surface area contributed by atoms with E-state index in [1.54, 1.807) is 23.1 Å². The van der Waals surface area contributed by atoms with Crippen LogP contribution >= 0.6 is 15.9 Å². The number of para-hydroxylation sites is 1. The Morgan fingerprint density at radius 3 is 2.52 bits per heavy atom. The summed E-state index contributed by atoms with van der Waals surface area (Å²) in [5.41, 5.74) is 1.91. The van der Waals surface area contributed by atoms with Gasteiger partial charge in [0.05, 0.1) is 16.7 Å². The molecule has 0 radical (unpaired) electrons. The van der Waals surface area contributed by atoms with E-state index >= 15 is 0 Å². The zero-order valence-electron chi connectivity index (χ0n) is 10.9. The number of aromatic nitrogens is 2. The van der Waals surface area contributed by atoms with Gasteiger partial charge < -0.3 is 0 Å². The minimum Gasteiger partial charge on any atom is -0.241 e. The molecule has 0 N–H and O–H groups in total. The van der Waals surface area contributed by atoms with Crippen LogP contribution in [0.1, 0.15) is 16.0 Å². The van der Waals surface area contributed by atoms with Gasteiger partial charge in [-0.1, -0.05) is 46.3 Å². The highest BCUT2D eigenvalue weighted by Crippen LogP contribution is 2.33. The fraction of sp³-hybridized carbons (Fsp3) is 0.0625. The van der Waals surface area contributed by atoms with Crippen molar-refractivity contribution in [1.82, 2.24) is 9.78 Å². The minimum absolute atomic E-state index is 0.252. The van der Waals surface area contributed by atoms with Gasteiger partial charge in [-0.15, -0.1) is 0 Å². The molecule has 5 heteroatoms. The first-order valence-corrected chi connectivity index (χ1v) is 7.26. The smallest absolute Gasteiger partial charge is 0.163 e. The Hall–Kier alpha value is -2.01. The SMILES string of the molecule is Fc1cccc(C(Br)c2cnn(-c3ccccc3)c2)c1F. The van der Waals surface area contributed by atoms with Gasteiger partial charge in [0.2, 0.25) is 0 Å². The van der Waals surface area contributed by atoms with Crippen LogP contribution in [0.5, 0.6) is 0 Å². The van der Waals surface area contributed by atoms with E-state index in [9.17, 15) is 8.78 Å². The van der Waals surface area contributed by atoms with Crippen molar-refractivity contribution in [3.05, 3.63) is 83.7 Å². The molecule has 1 atom stereocenters. The molecule has 0 aliphatic rings. The molecule has 2 nitrogen and oxygen atoms in total. The maximum absolute atomic E-state index is 13.8. The van der Waals surface area contributed by atoms with Gasteiger partial charge in [0, 0.05) is 17.3 Å². The van der Waals surface area contributed by atoms with Crippen LogP contribution in [-0.4, -0.2) is 9.78 Å². The number of rotatable bonds is 3. The van der Waals surface area contributed by atoms with Crippen molar-refractivity contribution in [3.8, 4) is 5.69 Å². The third-order valence-electron chi connectivity index (χ3n) is 3.17. The number of nitrogens with zero attached hydrogens (tertiary/aromatic N) is 2. The van der Waals surface area contributed by atoms with E-state index in [0.717, 1.165) is 17.3 Å². The van der Waals surface area contributed by atoms with Crippen molar-refractivity contribution in [2.75, 3.05) is 0 Å². The molecule has 0 spiro atoms. The summed E-state index contributed by atoms with van der Waals surface area (Å²) >= 11 is 3.40. The molecule has 0 aliphatic carbocycles. The first kappa shape index (κ1) is 13.9. The lowest BCUT2D eigenvalue weighted by Gasteiger charge is -2.09. The standard InChI is InChI=1S/C16H11BrF2N2/c17-15(13-7-4-8-14(18)16(13)19)11-9-20-21(10-11)12-5-2-1-3-6-12/h1-10,15H. The molecule has 3 rings (SSSR count).